The van der Waals surface area contributed by atoms with E-state index in [1.165, 1.54) is 12.4 Å². The van der Waals surface area contributed by atoms with Crippen molar-refractivity contribution in [3.8, 4) is 5.75 Å². The number of carbonyl (C=O) groups is 1. The van der Waals surface area contributed by atoms with Crippen LogP contribution in [0.5, 0.6) is 5.75 Å². The van der Waals surface area contributed by atoms with Crippen molar-refractivity contribution in [2.45, 2.75) is 13.3 Å². The van der Waals surface area contributed by atoms with Crippen molar-refractivity contribution in [2.24, 2.45) is 0 Å². The lowest BCUT2D eigenvalue weighted by Gasteiger charge is -2.07. The van der Waals surface area contributed by atoms with Gasteiger partial charge in [0.25, 0.3) is 5.91 Å². The molecule has 6 nitrogen and oxygen atoms in total. The number of amides is 1. The van der Waals surface area contributed by atoms with E-state index in [0.29, 0.717) is 18.1 Å². The zero-order chi connectivity index (χ0) is 15.1. The van der Waals surface area contributed by atoms with Crippen molar-refractivity contribution < 1.29 is 9.53 Å². The van der Waals surface area contributed by atoms with Gasteiger partial charge in [0, 0.05) is 12.2 Å². The van der Waals surface area contributed by atoms with Crippen LogP contribution in [0.1, 0.15) is 23.8 Å². The van der Waals surface area contributed by atoms with Crippen LogP contribution >= 0.6 is 0 Å². The van der Waals surface area contributed by atoms with Crippen molar-refractivity contribution in [3.05, 3.63) is 42.4 Å². The van der Waals surface area contributed by atoms with Crippen molar-refractivity contribution in [3.63, 3.8) is 0 Å². The van der Waals surface area contributed by atoms with Crippen LogP contribution in [-0.2, 0) is 0 Å². The third-order valence-corrected chi connectivity index (χ3v) is 2.78. The number of hydrogen-bond donors (Lipinski definition) is 2. The summed E-state index contributed by atoms with van der Waals surface area (Å²) in [7, 11) is 1.62. The summed E-state index contributed by atoms with van der Waals surface area (Å²) < 4.78 is 5.09. The van der Waals surface area contributed by atoms with Gasteiger partial charge in [-0.1, -0.05) is 6.92 Å². The Labute approximate surface area is 123 Å². The molecule has 0 bridgehead atoms. The molecule has 0 aliphatic rings. The van der Waals surface area contributed by atoms with Gasteiger partial charge in [-0.3, -0.25) is 4.79 Å². The van der Waals surface area contributed by atoms with E-state index in [1.54, 1.807) is 7.11 Å². The fourth-order valence-corrected chi connectivity index (χ4v) is 1.66. The Morgan fingerprint density at radius 2 is 1.95 bits per heavy atom. The smallest absolute Gasteiger partial charge is 0.271 e. The normalized spacial score (nSPS) is 10.0. The fourth-order valence-electron chi connectivity index (χ4n) is 1.66. The molecule has 2 aromatic rings. The highest BCUT2D eigenvalue weighted by Crippen LogP contribution is 2.18. The standard InChI is InChI=1S/C15H18N4O2/c1-3-8-16-15(20)13-9-18-14(10-17-13)19-11-4-6-12(21-2)7-5-11/h4-7,9-10H,3,8H2,1-2H3,(H,16,20)(H,18,19). The molecular weight excluding hydrogens is 268 g/mol. The summed E-state index contributed by atoms with van der Waals surface area (Å²) in [6.07, 6.45) is 3.87. The molecule has 1 aromatic heterocycles. The summed E-state index contributed by atoms with van der Waals surface area (Å²) in [6.45, 7) is 2.63. The zero-order valence-corrected chi connectivity index (χ0v) is 12.1. The summed E-state index contributed by atoms with van der Waals surface area (Å²) in [5, 5.41) is 5.86. The summed E-state index contributed by atoms with van der Waals surface area (Å²) in [5.41, 5.74) is 1.18. The zero-order valence-electron chi connectivity index (χ0n) is 12.1. The molecule has 0 aliphatic carbocycles. The molecule has 0 saturated heterocycles. The third kappa shape index (κ3) is 4.17. The maximum absolute atomic E-state index is 11.7. The lowest BCUT2D eigenvalue weighted by atomic mass is 10.3. The van der Waals surface area contributed by atoms with Crippen LogP contribution in [0.15, 0.2) is 36.7 Å². The van der Waals surface area contributed by atoms with Gasteiger partial charge >= 0.3 is 0 Å². The van der Waals surface area contributed by atoms with E-state index in [-0.39, 0.29) is 5.91 Å². The number of ether oxygens (including phenoxy) is 1. The van der Waals surface area contributed by atoms with Crippen molar-refractivity contribution in [1.29, 1.82) is 0 Å². The average molecular weight is 286 g/mol. The van der Waals surface area contributed by atoms with Crippen LogP contribution in [-0.4, -0.2) is 29.5 Å². The number of aromatic nitrogens is 2. The number of rotatable bonds is 6. The van der Waals surface area contributed by atoms with Crippen molar-refractivity contribution >= 4 is 17.4 Å². The first-order valence-electron chi connectivity index (χ1n) is 6.74. The van der Waals surface area contributed by atoms with Gasteiger partial charge in [0.1, 0.15) is 17.3 Å². The Morgan fingerprint density at radius 3 is 2.52 bits per heavy atom. The molecule has 2 rings (SSSR count). The second kappa shape index (κ2) is 7.23. The molecule has 6 heteroatoms. The first kappa shape index (κ1) is 14.8. The van der Waals surface area contributed by atoms with Crippen LogP contribution < -0.4 is 15.4 Å². The second-order valence-corrected chi connectivity index (χ2v) is 4.40. The minimum absolute atomic E-state index is 0.208. The summed E-state index contributed by atoms with van der Waals surface area (Å²) >= 11 is 0. The van der Waals surface area contributed by atoms with E-state index in [1.807, 2.05) is 31.2 Å². The van der Waals surface area contributed by atoms with Gasteiger partial charge in [-0.15, -0.1) is 0 Å². The maximum Gasteiger partial charge on any atom is 0.271 e. The highest BCUT2D eigenvalue weighted by molar-refractivity contribution is 5.92. The van der Waals surface area contributed by atoms with Gasteiger partial charge in [-0.2, -0.15) is 0 Å². The molecular formula is C15H18N4O2. The lowest BCUT2D eigenvalue weighted by Crippen LogP contribution is -2.25. The van der Waals surface area contributed by atoms with Crippen molar-refractivity contribution in [1.82, 2.24) is 15.3 Å². The lowest BCUT2D eigenvalue weighted by molar-refractivity contribution is 0.0948. The van der Waals surface area contributed by atoms with Crippen LogP contribution in [0.4, 0.5) is 11.5 Å². The number of nitrogens with zero attached hydrogens (tertiary/aromatic N) is 2. The van der Waals surface area contributed by atoms with E-state index >= 15 is 0 Å². The molecule has 21 heavy (non-hydrogen) atoms. The molecule has 1 aromatic carbocycles. The highest BCUT2D eigenvalue weighted by Gasteiger charge is 2.06. The van der Waals surface area contributed by atoms with Crippen LogP contribution in [0.25, 0.3) is 0 Å². The summed E-state index contributed by atoms with van der Waals surface area (Å²) in [5.74, 6) is 1.15. The quantitative estimate of drug-likeness (QED) is 0.852. The highest BCUT2D eigenvalue weighted by atomic mass is 16.5. The molecule has 0 radical (unpaired) electrons. The molecule has 1 amide bonds. The van der Waals surface area contributed by atoms with E-state index in [9.17, 15) is 4.79 Å². The minimum atomic E-state index is -0.208. The third-order valence-electron chi connectivity index (χ3n) is 2.78. The molecule has 0 aliphatic heterocycles. The SMILES string of the molecule is CCCNC(=O)c1cnc(Nc2ccc(OC)cc2)cn1. The molecule has 110 valence electrons. The topological polar surface area (TPSA) is 76.1 Å². The van der Waals surface area contributed by atoms with E-state index in [2.05, 4.69) is 20.6 Å². The Morgan fingerprint density at radius 1 is 1.19 bits per heavy atom. The van der Waals surface area contributed by atoms with Crippen LogP contribution in [0, 0.1) is 0 Å². The number of carbonyl (C=O) groups excluding carboxylic acids is 1. The van der Waals surface area contributed by atoms with Gasteiger partial charge in [-0.05, 0) is 30.7 Å². The molecule has 0 unspecified atom stereocenters. The number of hydrogen-bond acceptors (Lipinski definition) is 5. The first-order chi connectivity index (χ1) is 10.2. The molecule has 0 saturated carbocycles. The van der Waals surface area contributed by atoms with Crippen LogP contribution in [0.2, 0.25) is 0 Å². The summed E-state index contributed by atoms with van der Waals surface area (Å²) in [6, 6.07) is 7.45. The second-order valence-electron chi connectivity index (χ2n) is 4.40. The number of nitrogens with one attached hydrogen (secondary N) is 2. The number of benzene rings is 1. The van der Waals surface area contributed by atoms with Gasteiger partial charge in [0.15, 0.2) is 0 Å². The Balaban J connectivity index is 1.99. The molecule has 0 fully saturated rings. The minimum Gasteiger partial charge on any atom is -0.497 e. The van der Waals surface area contributed by atoms with Crippen LogP contribution in [0.3, 0.4) is 0 Å². The van der Waals surface area contributed by atoms with E-state index in [4.69, 9.17) is 4.74 Å². The van der Waals surface area contributed by atoms with E-state index < -0.39 is 0 Å². The monoisotopic (exact) mass is 286 g/mol. The first-order valence-corrected chi connectivity index (χ1v) is 6.74. The summed E-state index contributed by atoms with van der Waals surface area (Å²) in [4.78, 5) is 20.0. The van der Waals surface area contributed by atoms with E-state index in [0.717, 1.165) is 17.9 Å². The van der Waals surface area contributed by atoms with Gasteiger partial charge < -0.3 is 15.4 Å². The Hall–Kier alpha value is -2.63. The fraction of sp³-hybridized carbons (Fsp3) is 0.267. The number of methoxy groups -OCH3 is 1. The largest absolute Gasteiger partial charge is 0.497 e. The van der Waals surface area contributed by atoms with Crippen molar-refractivity contribution in [2.75, 3.05) is 19.0 Å². The van der Waals surface area contributed by atoms with Gasteiger partial charge in [-0.25, -0.2) is 9.97 Å². The Kier molecular flexibility index (Phi) is 5.09. The molecule has 1 heterocycles. The molecule has 2 N–H and O–H groups in total. The van der Waals surface area contributed by atoms with Gasteiger partial charge in [0.2, 0.25) is 0 Å². The molecule has 0 atom stereocenters. The predicted octanol–water partition coefficient (Wildman–Crippen LogP) is 2.37. The average Bonchev–Trinajstić information content (AvgIpc) is 2.54. The maximum atomic E-state index is 11.7. The predicted molar refractivity (Wildman–Crippen MR) is 80.9 cm³/mol. The van der Waals surface area contributed by atoms with Gasteiger partial charge in [0.05, 0.1) is 19.5 Å². The number of anilines is 2. The Bertz CT molecular complexity index is 582. The molecule has 0 spiro atoms.